The molecule has 2 N–H and O–H groups in total. The Kier molecular flexibility index (Phi) is 5.79. The molecular formula is C27H34F3N3O3. The van der Waals surface area contributed by atoms with Crippen molar-refractivity contribution >= 4 is 22.5 Å². The average Bonchev–Trinajstić information content (AvgIpc) is 3.42. The third-order valence-corrected chi connectivity index (χ3v) is 8.92. The number of rotatable bonds is 7. The third kappa shape index (κ3) is 4.60. The molecule has 1 spiro atoms. The van der Waals surface area contributed by atoms with Crippen molar-refractivity contribution in [2.45, 2.75) is 45.2 Å². The lowest BCUT2D eigenvalue weighted by atomic mass is 9.52. The monoisotopic (exact) mass is 505 g/mol. The molecule has 0 unspecified atom stereocenters. The number of likely N-dealkylation sites (tertiary alicyclic amines) is 1. The van der Waals surface area contributed by atoms with E-state index in [1.807, 2.05) is 31.3 Å². The number of carbonyl (C=O) groups excluding carboxylic acids is 1. The number of amides is 1. The van der Waals surface area contributed by atoms with E-state index in [0.717, 1.165) is 67.7 Å². The predicted octanol–water partition coefficient (Wildman–Crippen LogP) is 5.21. The molecule has 0 bridgehead atoms. The molecule has 0 radical (unpaired) electrons. The highest BCUT2D eigenvalue weighted by molar-refractivity contribution is 6.04. The molecule has 4 aliphatic rings. The van der Waals surface area contributed by atoms with Crippen molar-refractivity contribution in [3.63, 3.8) is 0 Å². The summed E-state index contributed by atoms with van der Waals surface area (Å²) in [4.78, 5) is 17.8. The van der Waals surface area contributed by atoms with Crippen molar-refractivity contribution < 1.29 is 27.4 Å². The highest BCUT2D eigenvalue weighted by atomic mass is 19.4. The van der Waals surface area contributed by atoms with Crippen molar-refractivity contribution in [3.8, 4) is 5.75 Å². The lowest BCUT2D eigenvalue weighted by Gasteiger charge is -2.58. The molecule has 2 aliphatic carbocycles. The van der Waals surface area contributed by atoms with Crippen LogP contribution in [0.5, 0.6) is 5.75 Å². The minimum absolute atomic E-state index is 0.0489. The molecule has 6 rings (SSSR count). The molecule has 36 heavy (non-hydrogen) atoms. The third-order valence-electron chi connectivity index (χ3n) is 8.92. The van der Waals surface area contributed by atoms with Gasteiger partial charge in [0.15, 0.2) is 0 Å². The molecule has 9 heteroatoms. The summed E-state index contributed by atoms with van der Waals surface area (Å²) < 4.78 is 49.5. The van der Waals surface area contributed by atoms with Crippen LogP contribution in [0.4, 0.5) is 18.9 Å². The predicted molar refractivity (Wildman–Crippen MR) is 130 cm³/mol. The number of anilines is 1. The van der Waals surface area contributed by atoms with Crippen LogP contribution in [0.3, 0.4) is 0 Å². The van der Waals surface area contributed by atoms with Crippen LogP contribution in [0.15, 0.2) is 24.4 Å². The number of H-pyrrole nitrogens is 1. The van der Waals surface area contributed by atoms with Gasteiger partial charge in [0.1, 0.15) is 5.75 Å². The van der Waals surface area contributed by atoms with Gasteiger partial charge in [-0.15, -0.1) is 0 Å². The molecule has 1 amide bonds. The van der Waals surface area contributed by atoms with Crippen LogP contribution < -0.4 is 10.1 Å². The lowest BCUT2D eigenvalue weighted by Crippen LogP contribution is -2.60. The number of hydrogen-bond donors (Lipinski definition) is 2. The number of benzene rings is 1. The molecule has 2 aliphatic heterocycles. The minimum Gasteiger partial charge on any atom is -0.494 e. The number of hydrogen-bond acceptors (Lipinski definition) is 4. The first-order valence-corrected chi connectivity index (χ1v) is 13.0. The van der Waals surface area contributed by atoms with Crippen LogP contribution in [-0.4, -0.2) is 61.4 Å². The largest absolute Gasteiger partial charge is 0.494 e. The van der Waals surface area contributed by atoms with E-state index in [1.54, 1.807) is 4.90 Å². The zero-order chi connectivity index (χ0) is 25.1. The summed E-state index contributed by atoms with van der Waals surface area (Å²) >= 11 is 0. The van der Waals surface area contributed by atoms with Gasteiger partial charge in [0.05, 0.1) is 32.1 Å². The van der Waals surface area contributed by atoms with Crippen LogP contribution in [0.1, 0.15) is 39.0 Å². The first-order chi connectivity index (χ1) is 17.1. The second-order valence-corrected chi connectivity index (χ2v) is 12.1. The number of aromatic amines is 1. The Morgan fingerprint density at radius 3 is 2.58 bits per heavy atom. The highest BCUT2D eigenvalue weighted by Crippen LogP contribution is 2.58. The van der Waals surface area contributed by atoms with Crippen molar-refractivity contribution in [2.24, 2.45) is 28.6 Å². The fourth-order valence-corrected chi connectivity index (χ4v) is 7.41. The average molecular weight is 506 g/mol. The molecule has 3 heterocycles. The Bertz CT molecular complexity index is 1120. The molecule has 2 aromatic rings. The standard InChI is InChI=1S/C27H34F3N3O3/c1-25(12-26(13-25)15-35-16-26)24(34)32-23-9-31-22-3-2-20(8-21(22)23)36-5-4-17-6-18-10-33(11-19(18)7-17)14-27(28,29)30/h2-3,8-9,17-19,31H,4-7,10-16H2,1H3,(H,32,34)/t17-,18-,19+. The second-order valence-electron chi connectivity index (χ2n) is 12.1. The van der Waals surface area contributed by atoms with Gasteiger partial charge in [0.2, 0.25) is 5.91 Å². The van der Waals surface area contributed by atoms with Crippen LogP contribution in [0, 0.1) is 28.6 Å². The van der Waals surface area contributed by atoms with E-state index in [9.17, 15) is 18.0 Å². The molecule has 1 aromatic carbocycles. The molecular weight excluding hydrogens is 471 g/mol. The van der Waals surface area contributed by atoms with E-state index in [1.165, 1.54) is 0 Å². The van der Waals surface area contributed by atoms with E-state index in [2.05, 4.69) is 10.3 Å². The number of nitrogens with one attached hydrogen (secondary N) is 2. The zero-order valence-corrected chi connectivity index (χ0v) is 20.6. The van der Waals surface area contributed by atoms with Gasteiger partial charge in [-0.25, -0.2) is 0 Å². The van der Waals surface area contributed by atoms with Gasteiger partial charge in [0.25, 0.3) is 0 Å². The number of fused-ring (bicyclic) bond motifs is 2. The zero-order valence-electron chi connectivity index (χ0n) is 20.6. The van der Waals surface area contributed by atoms with E-state index >= 15 is 0 Å². The number of nitrogens with zero attached hydrogens (tertiary/aromatic N) is 1. The van der Waals surface area contributed by atoms with E-state index in [-0.39, 0.29) is 16.7 Å². The number of carbonyl (C=O) groups is 1. The first kappa shape index (κ1) is 24.1. The van der Waals surface area contributed by atoms with E-state index < -0.39 is 12.7 Å². The fraction of sp³-hybridized carbons (Fsp3) is 0.667. The van der Waals surface area contributed by atoms with Crippen molar-refractivity contribution in [3.05, 3.63) is 24.4 Å². The minimum atomic E-state index is -4.11. The molecule has 4 fully saturated rings. The Hall–Kier alpha value is -2.26. The number of ether oxygens (including phenoxy) is 2. The first-order valence-electron chi connectivity index (χ1n) is 13.0. The Balaban J connectivity index is 1.00. The number of aromatic nitrogens is 1. The Morgan fingerprint density at radius 2 is 1.94 bits per heavy atom. The second kappa shape index (κ2) is 8.65. The van der Waals surface area contributed by atoms with Gasteiger partial charge in [-0.05, 0) is 68.1 Å². The maximum atomic E-state index is 13.0. The molecule has 6 nitrogen and oxygen atoms in total. The maximum absolute atomic E-state index is 13.0. The summed E-state index contributed by atoms with van der Waals surface area (Å²) in [6.45, 7) is 4.48. The van der Waals surface area contributed by atoms with E-state index in [4.69, 9.17) is 9.47 Å². The summed E-state index contributed by atoms with van der Waals surface area (Å²) in [5, 5.41) is 4.04. The summed E-state index contributed by atoms with van der Waals surface area (Å²) in [6.07, 6.45) is 2.33. The summed E-state index contributed by atoms with van der Waals surface area (Å²) in [6, 6.07) is 5.85. The van der Waals surface area contributed by atoms with Gasteiger partial charge in [-0.2, -0.15) is 13.2 Å². The number of halogens is 3. The van der Waals surface area contributed by atoms with Crippen molar-refractivity contribution in [2.75, 3.05) is 44.8 Å². The van der Waals surface area contributed by atoms with Crippen LogP contribution in [-0.2, 0) is 9.53 Å². The van der Waals surface area contributed by atoms with Gasteiger partial charge in [0, 0.05) is 41.0 Å². The van der Waals surface area contributed by atoms with Crippen molar-refractivity contribution in [1.82, 2.24) is 9.88 Å². The van der Waals surface area contributed by atoms with Gasteiger partial charge >= 0.3 is 6.18 Å². The Labute approximate surface area is 208 Å². The van der Waals surface area contributed by atoms with Crippen LogP contribution in [0.25, 0.3) is 10.9 Å². The lowest BCUT2D eigenvalue weighted by molar-refractivity contribution is -0.205. The molecule has 2 saturated carbocycles. The quantitative estimate of drug-likeness (QED) is 0.542. The summed E-state index contributed by atoms with van der Waals surface area (Å²) in [7, 11) is 0. The van der Waals surface area contributed by atoms with Crippen LogP contribution in [0.2, 0.25) is 0 Å². The fourth-order valence-electron chi connectivity index (χ4n) is 7.41. The SMILES string of the molecule is CC1(C(=O)Nc2c[nH]c3ccc(OCC[C@@H]4C[C@@H]5CN(CC(F)(F)F)C[C@@H]5C4)cc23)CC2(COC2)C1. The summed E-state index contributed by atoms with van der Waals surface area (Å²) in [5.41, 5.74) is 1.56. The van der Waals surface area contributed by atoms with Gasteiger partial charge in [-0.3, -0.25) is 9.69 Å². The van der Waals surface area contributed by atoms with Crippen molar-refractivity contribution in [1.29, 1.82) is 0 Å². The molecule has 3 atom stereocenters. The van der Waals surface area contributed by atoms with E-state index in [0.29, 0.717) is 37.5 Å². The number of alkyl halides is 3. The smallest absolute Gasteiger partial charge is 0.401 e. The highest BCUT2D eigenvalue weighted by Gasteiger charge is 2.59. The maximum Gasteiger partial charge on any atom is 0.401 e. The Morgan fingerprint density at radius 1 is 1.22 bits per heavy atom. The topological polar surface area (TPSA) is 66.6 Å². The molecule has 196 valence electrons. The summed E-state index contributed by atoms with van der Waals surface area (Å²) in [5.74, 6) is 2.07. The normalized spacial score (nSPS) is 28.6. The molecule has 2 saturated heterocycles. The molecule has 1 aromatic heterocycles. The van der Waals surface area contributed by atoms with Gasteiger partial charge in [-0.1, -0.05) is 6.92 Å². The van der Waals surface area contributed by atoms with Gasteiger partial charge < -0.3 is 19.8 Å². The van der Waals surface area contributed by atoms with Crippen LogP contribution >= 0.6 is 0 Å².